The maximum Gasteiger partial charge on any atom is 0.446 e. The number of ether oxygens (including phenoxy) is 1. The number of hydrogen-bond acceptors (Lipinski definition) is 4. The van der Waals surface area contributed by atoms with Crippen molar-refractivity contribution < 1.29 is 27.5 Å². The highest BCUT2D eigenvalue weighted by Crippen LogP contribution is 2.37. The summed E-state index contributed by atoms with van der Waals surface area (Å²) >= 11 is -0.217. The van der Waals surface area contributed by atoms with Gasteiger partial charge in [-0.2, -0.15) is 13.2 Å². The van der Waals surface area contributed by atoms with E-state index in [9.17, 15) is 22.8 Å². The minimum Gasteiger partial charge on any atom is -0.447 e. The highest BCUT2D eigenvalue weighted by molar-refractivity contribution is 8.00. The molecule has 1 N–H and O–H groups in total. The Morgan fingerprint density at radius 2 is 1.73 bits per heavy atom. The third-order valence-electron chi connectivity index (χ3n) is 3.55. The number of rotatable bonds is 4. The van der Waals surface area contributed by atoms with E-state index in [1.165, 1.54) is 29.2 Å². The van der Waals surface area contributed by atoms with E-state index in [1.807, 2.05) is 0 Å². The van der Waals surface area contributed by atoms with E-state index in [-0.39, 0.29) is 16.7 Å². The van der Waals surface area contributed by atoms with Gasteiger partial charge in [0.2, 0.25) is 0 Å². The van der Waals surface area contributed by atoms with Gasteiger partial charge in [0.1, 0.15) is 6.61 Å². The SMILES string of the molecule is O=C(Nc1ccc(SC(F)(F)F)cc1)c1ccc(N2CCOC2=O)cc1. The number of alkyl halides is 3. The van der Waals surface area contributed by atoms with Gasteiger partial charge in [0.25, 0.3) is 5.91 Å². The molecule has 0 spiro atoms. The molecule has 5 nitrogen and oxygen atoms in total. The Kier molecular flexibility index (Phi) is 5.08. The van der Waals surface area contributed by atoms with Crippen molar-refractivity contribution in [3.63, 3.8) is 0 Å². The molecular formula is C17H13F3N2O3S. The Bertz CT molecular complexity index is 807. The Hall–Kier alpha value is -2.68. The van der Waals surface area contributed by atoms with Crippen molar-refractivity contribution in [2.75, 3.05) is 23.4 Å². The van der Waals surface area contributed by atoms with Gasteiger partial charge in [0, 0.05) is 21.8 Å². The van der Waals surface area contributed by atoms with Crippen LogP contribution in [-0.2, 0) is 4.74 Å². The Labute approximate surface area is 151 Å². The predicted octanol–water partition coefficient (Wildman–Crippen LogP) is 4.51. The summed E-state index contributed by atoms with van der Waals surface area (Å²) in [4.78, 5) is 25.2. The molecule has 1 aliphatic heterocycles. The van der Waals surface area contributed by atoms with Crippen molar-refractivity contribution in [1.29, 1.82) is 0 Å². The Balaban J connectivity index is 1.63. The molecule has 1 aliphatic rings. The number of thioether (sulfide) groups is 1. The number of halogens is 3. The monoisotopic (exact) mass is 382 g/mol. The second-order valence-corrected chi connectivity index (χ2v) is 6.48. The highest BCUT2D eigenvalue weighted by Gasteiger charge is 2.29. The molecule has 9 heteroatoms. The molecule has 3 rings (SSSR count). The van der Waals surface area contributed by atoms with E-state index in [1.54, 1.807) is 24.3 Å². The van der Waals surface area contributed by atoms with Gasteiger partial charge in [-0.3, -0.25) is 9.69 Å². The van der Waals surface area contributed by atoms with Crippen LogP contribution in [0.3, 0.4) is 0 Å². The number of nitrogens with one attached hydrogen (secondary N) is 1. The van der Waals surface area contributed by atoms with Crippen LogP contribution in [0.15, 0.2) is 53.4 Å². The largest absolute Gasteiger partial charge is 0.447 e. The molecule has 2 aromatic rings. The van der Waals surface area contributed by atoms with E-state index in [4.69, 9.17) is 4.74 Å². The van der Waals surface area contributed by atoms with Crippen LogP contribution in [0.2, 0.25) is 0 Å². The second-order valence-electron chi connectivity index (χ2n) is 5.34. The third-order valence-corrected chi connectivity index (χ3v) is 4.29. The molecule has 0 aliphatic carbocycles. The molecule has 0 unspecified atom stereocenters. The zero-order valence-corrected chi connectivity index (χ0v) is 14.1. The van der Waals surface area contributed by atoms with Crippen LogP contribution in [-0.4, -0.2) is 30.7 Å². The normalized spacial score (nSPS) is 14.3. The lowest BCUT2D eigenvalue weighted by atomic mass is 10.2. The predicted molar refractivity (Wildman–Crippen MR) is 91.4 cm³/mol. The molecule has 0 radical (unpaired) electrons. The number of anilines is 2. The molecule has 26 heavy (non-hydrogen) atoms. The number of carbonyl (C=O) groups is 2. The molecule has 0 atom stereocenters. The summed E-state index contributed by atoms with van der Waals surface area (Å²) in [5, 5.41) is 2.61. The maximum absolute atomic E-state index is 12.3. The average Bonchev–Trinajstić information content (AvgIpc) is 3.01. The minimum absolute atomic E-state index is 0.0392. The van der Waals surface area contributed by atoms with Gasteiger partial charge in [-0.15, -0.1) is 0 Å². The van der Waals surface area contributed by atoms with E-state index in [0.717, 1.165) is 0 Å². The highest BCUT2D eigenvalue weighted by atomic mass is 32.2. The number of nitrogens with zero attached hydrogens (tertiary/aromatic N) is 1. The molecule has 1 fully saturated rings. The van der Waals surface area contributed by atoms with E-state index in [2.05, 4.69) is 5.32 Å². The zero-order valence-electron chi connectivity index (χ0n) is 13.2. The first-order valence-electron chi connectivity index (χ1n) is 7.53. The molecule has 0 aromatic heterocycles. The van der Waals surface area contributed by atoms with Crippen molar-refractivity contribution in [3.05, 3.63) is 54.1 Å². The molecule has 2 amide bonds. The van der Waals surface area contributed by atoms with E-state index in [0.29, 0.717) is 30.1 Å². The van der Waals surface area contributed by atoms with E-state index >= 15 is 0 Å². The van der Waals surface area contributed by atoms with Crippen molar-refractivity contribution in [2.24, 2.45) is 0 Å². The smallest absolute Gasteiger partial charge is 0.446 e. The van der Waals surface area contributed by atoms with Gasteiger partial charge in [-0.05, 0) is 60.3 Å². The van der Waals surface area contributed by atoms with Crippen LogP contribution in [0.1, 0.15) is 10.4 Å². The lowest BCUT2D eigenvalue weighted by Crippen LogP contribution is -2.23. The first-order valence-corrected chi connectivity index (χ1v) is 8.35. The van der Waals surface area contributed by atoms with E-state index < -0.39 is 17.5 Å². The van der Waals surface area contributed by atoms with Crippen LogP contribution in [0.5, 0.6) is 0 Å². The molecule has 0 saturated carbocycles. The third kappa shape index (κ3) is 4.48. The molecule has 1 heterocycles. The van der Waals surface area contributed by atoms with Crippen LogP contribution in [0, 0.1) is 0 Å². The van der Waals surface area contributed by atoms with Gasteiger partial charge < -0.3 is 10.1 Å². The minimum atomic E-state index is -4.35. The fourth-order valence-corrected chi connectivity index (χ4v) is 2.90. The molecule has 2 aromatic carbocycles. The summed E-state index contributed by atoms with van der Waals surface area (Å²) in [6, 6.07) is 11.8. The molecule has 0 bridgehead atoms. The average molecular weight is 382 g/mol. The van der Waals surface area contributed by atoms with Gasteiger partial charge in [-0.1, -0.05) is 0 Å². The number of benzene rings is 2. The van der Waals surface area contributed by atoms with Gasteiger partial charge in [-0.25, -0.2) is 4.79 Å². The zero-order chi connectivity index (χ0) is 18.7. The lowest BCUT2D eigenvalue weighted by molar-refractivity contribution is -0.0328. The van der Waals surface area contributed by atoms with Crippen LogP contribution < -0.4 is 10.2 Å². The van der Waals surface area contributed by atoms with Gasteiger partial charge in [0.05, 0.1) is 6.54 Å². The molecule has 1 saturated heterocycles. The van der Waals surface area contributed by atoms with Gasteiger partial charge in [0.15, 0.2) is 0 Å². The lowest BCUT2D eigenvalue weighted by Gasteiger charge is -2.13. The van der Waals surface area contributed by atoms with Crippen molar-refractivity contribution >= 4 is 35.1 Å². The second kappa shape index (κ2) is 7.28. The number of cyclic esters (lactones) is 1. The van der Waals surface area contributed by atoms with Crippen LogP contribution in [0.25, 0.3) is 0 Å². The summed E-state index contributed by atoms with van der Waals surface area (Å²) in [7, 11) is 0. The topological polar surface area (TPSA) is 58.6 Å². The first-order chi connectivity index (χ1) is 12.3. The summed E-state index contributed by atoms with van der Waals surface area (Å²) in [5.41, 5.74) is -2.99. The maximum atomic E-state index is 12.3. The van der Waals surface area contributed by atoms with Crippen LogP contribution >= 0.6 is 11.8 Å². The van der Waals surface area contributed by atoms with Crippen molar-refractivity contribution in [1.82, 2.24) is 0 Å². The van der Waals surface area contributed by atoms with Crippen molar-refractivity contribution in [3.8, 4) is 0 Å². The van der Waals surface area contributed by atoms with Gasteiger partial charge >= 0.3 is 11.6 Å². The standard InChI is InChI=1S/C17H13F3N2O3S/c18-17(19,20)26-14-7-3-12(4-8-14)21-15(23)11-1-5-13(6-2-11)22-9-10-25-16(22)24/h1-8H,9-10H2,(H,21,23). The number of hydrogen-bond donors (Lipinski definition) is 1. The Morgan fingerprint density at radius 3 is 2.27 bits per heavy atom. The summed E-state index contributed by atoms with van der Waals surface area (Å²) in [6.45, 7) is 0.774. The quantitative estimate of drug-likeness (QED) is 0.791. The fraction of sp³-hybridized carbons (Fsp3) is 0.176. The van der Waals surface area contributed by atoms with Crippen LogP contribution in [0.4, 0.5) is 29.3 Å². The summed E-state index contributed by atoms with van der Waals surface area (Å²) < 4.78 is 41.8. The number of amides is 2. The molecular weight excluding hydrogens is 369 g/mol. The summed E-state index contributed by atoms with van der Waals surface area (Å²) in [6.07, 6.45) is -0.431. The number of carbonyl (C=O) groups excluding carboxylic acids is 2. The summed E-state index contributed by atoms with van der Waals surface area (Å²) in [5.74, 6) is -0.406. The van der Waals surface area contributed by atoms with Crippen molar-refractivity contribution in [2.45, 2.75) is 10.4 Å². The fourth-order valence-electron chi connectivity index (χ4n) is 2.36. The first kappa shape index (κ1) is 18.1. The Morgan fingerprint density at radius 1 is 1.08 bits per heavy atom. The molecule has 136 valence electrons.